The summed E-state index contributed by atoms with van der Waals surface area (Å²) in [7, 11) is 1.76. The fourth-order valence-electron chi connectivity index (χ4n) is 2.43. The lowest BCUT2D eigenvalue weighted by Crippen LogP contribution is -2.60. The van der Waals surface area contributed by atoms with Gasteiger partial charge < -0.3 is 14.8 Å². The Bertz CT molecular complexity index is 345. The van der Waals surface area contributed by atoms with Crippen LogP contribution in [-0.4, -0.2) is 43.5 Å². The van der Waals surface area contributed by atoms with Gasteiger partial charge in [0.2, 0.25) is 0 Å². The molecule has 1 fully saturated rings. The maximum Gasteiger partial charge on any atom is 0.0986 e. The molecule has 0 bridgehead atoms. The Morgan fingerprint density at radius 1 is 1.39 bits per heavy atom. The summed E-state index contributed by atoms with van der Waals surface area (Å²) in [5.74, 6) is 0. The van der Waals surface area contributed by atoms with Gasteiger partial charge in [-0.05, 0) is 44.0 Å². The highest BCUT2D eigenvalue weighted by Crippen LogP contribution is 2.26. The maximum atomic E-state index is 5.60. The van der Waals surface area contributed by atoms with E-state index >= 15 is 0 Å². The minimum atomic E-state index is 0.197. The Kier molecular flexibility index (Phi) is 5.11. The molecule has 1 aliphatic carbocycles. The van der Waals surface area contributed by atoms with Gasteiger partial charge in [0.25, 0.3) is 0 Å². The molecule has 0 amide bonds. The number of hydrogen-bond acceptors (Lipinski definition) is 4. The topological polar surface area (TPSA) is 43.4 Å². The first-order valence-electron chi connectivity index (χ1n) is 6.61. The molecule has 1 N–H and O–H groups in total. The van der Waals surface area contributed by atoms with Crippen molar-refractivity contribution in [3.05, 3.63) is 30.1 Å². The zero-order valence-corrected chi connectivity index (χ0v) is 11.1. The minimum absolute atomic E-state index is 0.197. The lowest BCUT2D eigenvalue weighted by atomic mass is 9.85. The average molecular weight is 250 g/mol. The number of pyridine rings is 1. The number of hydrogen-bond donors (Lipinski definition) is 1. The summed E-state index contributed by atoms with van der Waals surface area (Å²) >= 11 is 0. The van der Waals surface area contributed by atoms with Crippen molar-refractivity contribution in [2.24, 2.45) is 0 Å². The van der Waals surface area contributed by atoms with Gasteiger partial charge in [0.05, 0.1) is 12.2 Å². The Hall–Kier alpha value is -0.970. The molecule has 1 aliphatic rings. The SMILES string of the molecule is CCOC1CC(NCCc2ccncc2)C1OC. The molecule has 2 rings (SSSR count). The quantitative estimate of drug-likeness (QED) is 0.794. The molecule has 1 saturated carbocycles. The van der Waals surface area contributed by atoms with Crippen LogP contribution >= 0.6 is 0 Å². The summed E-state index contributed by atoms with van der Waals surface area (Å²) < 4.78 is 11.1. The van der Waals surface area contributed by atoms with Gasteiger partial charge in [0.15, 0.2) is 0 Å². The first-order valence-corrected chi connectivity index (χ1v) is 6.61. The fourth-order valence-corrected chi connectivity index (χ4v) is 2.43. The largest absolute Gasteiger partial charge is 0.377 e. The van der Waals surface area contributed by atoms with Crippen LogP contribution < -0.4 is 5.32 Å². The van der Waals surface area contributed by atoms with Crippen molar-refractivity contribution < 1.29 is 9.47 Å². The van der Waals surface area contributed by atoms with Crippen molar-refractivity contribution in [1.82, 2.24) is 10.3 Å². The molecule has 1 aromatic heterocycles. The molecular weight excluding hydrogens is 228 g/mol. The van der Waals surface area contributed by atoms with Gasteiger partial charge in [-0.1, -0.05) is 0 Å². The van der Waals surface area contributed by atoms with Crippen molar-refractivity contribution in [3.63, 3.8) is 0 Å². The minimum Gasteiger partial charge on any atom is -0.377 e. The number of nitrogens with one attached hydrogen (secondary N) is 1. The second-order valence-corrected chi connectivity index (χ2v) is 4.60. The van der Waals surface area contributed by atoms with E-state index in [4.69, 9.17) is 9.47 Å². The molecule has 0 radical (unpaired) electrons. The van der Waals surface area contributed by atoms with E-state index in [1.165, 1.54) is 5.56 Å². The van der Waals surface area contributed by atoms with Gasteiger partial charge in [-0.2, -0.15) is 0 Å². The van der Waals surface area contributed by atoms with Crippen LogP contribution in [0.1, 0.15) is 18.9 Å². The number of ether oxygens (including phenoxy) is 2. The van der Waals surface area contributed by atoms with Crippen LogP contribution in [-0.2, 0) is 15.9 Å². The number of nitrogens with zero attached hydrogens (tertiary/aromatic N) is 1. The third-order valence-corrected chi connectivity index (χ3v) is 3.47. The van der Waals surface area contributed by atoms with Crippen LogP contribution in [0.5, 0.6) is 0 Å². The molecule has 3 unspecified atom stereocenters. The molecule has 0 saturated heterocycles. The van der Waals surface area contributed by atoms with Gasteiger partial charge >= 0.3 is 0 Å². The van der Waals surface area contributed by atoms with Crippen molar-refractivity contribution in [2.75, 3.05) is 20.3 Å². The third kappa shape index (κ3) is 3.28. The highest BCUT2D eigenvalue weighted by Gasteiger charge is 2.41. The van der Waals surface area contributed by atoms with Crippen LogP contribution in [0.3, 0.4) is 0 Å². The van der Waals surface area contributed by atoms with Crippen molar-refractivity contribution in [3.8, 4) is 0 Å². The molecule has 1 heterocycles. The normalized spacial score (nSPS) is 26.9. The molecule has 100 valence electrons. The Morgan fingerprint density at radius 2 is 2.17 bits per heavy atom. The van der Waals surface area contributed by atoms with Gasteiger partial charge in [0, 0.05) is 32.2 Å². The zero-order valence-electron chi connectivity index (χ0n) is 11.1. The first kappa shape index (κ1) is 13.5. The summed E-state index contributed by atoms with van der Waals surface area (Å²) in [6, 6.07) is 4.53. The first-order chi connectivity index (χ1) is 8.85. The predicted molar refractivity (Wildman–Crippen MR) is 70.6 cm³/mol. The zero-order chi connectivity index (χ0) is 12.8. The monoisotopic (exact) mass is 250 g/mol. The molecule has 0 aliphatic heterocycles. The summed E-state index contributed by atoms with van der Waals surface area (Å²) in [5.41, 5.74) is 1.31. The van der Waals surface area contributed by atoms with Crippen LogP contribution in [0, 0.1) is 0 Å². The molecule has 0 aromatic carbocycles. The van der Waals surface area contributed by atoms with Crippen LogP contribution in [0.4, 0.5) is 0 Å². The Morgan fingerprint density at radius 3 is 2.83 bits per heavy atom. The van der Waals surface area contributed by atoms with Gasteiger partial charge in [-0.3, -0.25) is 4.98 Å². The van der Waals surface area contributed by atoms with E-state index in [2.05, 4.69) is 22.4 Å². The molecule has 18 heavy (non-hydrogen) atoms. The fraction of sp³-hybridized carbons (Fsp3) is 0.643. The summed E-state index contributed by atoms with van der Waals surface area (Å²) in [6.45, 7) is 3.75. The highest BCUT2D eigenvalue weighted by molar-refractivity contribution is 5.10. The van der Waals surface area contributed by atoms with E-state index in [0.29, 0.717) is 6.04 Å². The third-order valence-electron chi connectivity index (χ3n) is 3.47. The van der Waals surface area contributed by atoms with Gasteiger partial charge in [0.1, 0.15) is 0 Å². The summed E-state index contributed by atoms with van der Waals surface area (Å²) in [5, 5.41) is 3.53. The predicted octanol–water partition coefficient (Wildman–Crippen LogP) is 1.41. The lowest BCUT2D eigenvalue weighted by molar-refractivity contribution is -0.131. The smallest absolute Gasteiger partial charge is 0.0986 e. The van der Waals surface area contributed by atoms with Crippen molar-refractivity contribution in [2.45, 2.75) is 38.0 Å². The van der Waals surface area contributed by atoms with Crippen molar-refractivity contribution >= 4 is 0 Å². The van der Waals surface area contributed by atoms with E-state index in [1.54, 1.807) is 7.11 Å². The number of rotatable bonds is 7. The highest BCUT2D eigenvalue weighted by atomic mass is 16.5. The Labute approximate surface area is 109 Å². The maximum absolute atomic E-state index is 5.60. The van der Waals surface area contributed by atoms with Crippen LogP contribution in [0.2, 0.25) is 0 Å². The summed E-state index contributed by atoms with van der Waals surface area (Å²) in [4.78, 5) is 4.01. The molecule has 1 aromatic rings. The lowest BCUT2D eigenvalue weighted by Gasteiger charge is -2.43. The molecule has 3 atom stereocenters. The standard InChI is InChI=1S/C14H22N2O2/c1-3-18-13-10-12(14(13)17-2)16-9-6-11-4-7-15-8-5-11/h4-5,7-8,12-14,16H,3,6,9-10H2,1-2H3. The molecule has 4 nitrogen and oxygen atoms in total. The summed E-state index contributed by atoms with van der Waals surface area (Å²) in [6.07, 6.45) is 6.20. The number of methoxy groups -OCH3 is 1. The van der Waals surface area contributed by atoms with E-state index in [9.17, 15) is 0 Å². The molecular formula is C14H22N2O2. The van der Waals surface area contributed by atoms with E-state index in [1.807, 2.05) is 19.3 Å². The Balaban J connectivity index is 1.69. The van der Waals surface area contributed by atoms with Crippen LogP contribution in [0.25, 0.3) is 0 Å². The van der Waals surface area contributed by atoms with Gasteiger partial charge in [-0.15, -0.1) is 0 Å². The molecule has 0 spiro atoms. The number of aromatic nitrogens is 1. The van der Waals surface area contributed by atoms with E-state index < -0.39 is 0 Å². The van der Waals surface area contributed by atoms with Crippen LogP contribution in [0.15, 0.2) is 24.5 Å². The van der Waals surface area contributed by atoms with Crippen molar-refractivity contribution in [1.29, 1.82) is 0 Å². The van der Waals surface area contributed by atoms with E-state index in [-0.39, 0.29) is 12.2 Å². The van der Waals surface area contributed by atoms with E-state index in [0.717, 1.165) is 26.0 Å². The second-order valence-electron chi connectivity index (χ2n) is 4.60. The second kappa shape index (κ2) is 6.83. The van der Waals surface area contributed by atoms with Gasteiger partial charge in [-0.25, -0.2) is 0 Å². The molecule has 4 heteroatoms. The average Bonchev–Trinajstić information content (AvgIpc) is 2.38.